The molecular formula is C28H40N2. The third kappa shape index (κ3) is 7.59. The SMILES string of the molecule is C=C/C=C(\NC(Nc1ccc(C(=C)CC)cc1)C(C)CC)c1ccc(C)cc1.CC. The molecule has 0 heterocycles. The van der Waals surface area contributed by atoms with Crippen LogP contribution in [0.4, 0.5) is 5.69 Å². The lowest BCUT2D eigenvalue weighted by molar-refractivity contribution is 0.441. The number of hydrogen-bond acceptors (Lipinski definition) is 2. The van der Waals surface area contributed by atoms with E-state index in [1.54, 1.807) is 0 Å². The van der Waals surface area contributed by atoms with Crippen LogP contribution in [-0.4, -0.2) is 6.17 Å². The van der Waals surface area contributed by atoms with Crippen molar-refractivity contribution in [3.8, 4) is 0 Å². The molecule has 2 N–H and O–H groups in total. The molecule has 0 saturated heterocycles. The first-order valence-corrected chi connectivity index (χ1v) is 11.2. The Hall–Kier alpha value is -2.74. The Morgan fingerprint density at radius 1 is 0.967 bits per heavy atom. The van der Waals surface area contributed by atoms with Gasteiger partial charge in [-0.3, -0.25) is 0 Å². The zero-order valence-electron chi connectivity index (χ0n) is 19.8. The fourth-order valence-electron chi connectivity index (χ4n) is 2.99. The van der Waals surface area contributed by atoms with Gasteiger partial charge in [-0.25, -0.2) is 0 Å². The van der Waals surface area contributed by atoms with Gasteiger partial charge in [0.05, 0.1) is 6.17 Å². The molecule has 0 aliphatic rings. The first kappa shape index (κ1) is 25.3. The largest absolute Gasteiger partial charge is 0.365 e. The third-order valence-electron chi connectivity index (χ3n) is 5.21. The van der Waals surface area contributed by atoms with Crippen molar-refractivity contribution in [2.45, 2.75) is 60.5 Å². The molecule has 2 nitrogen and oxygen atoms in total. The van der Waals surface area contributed by atoms with Crippen LogP contribution in [0.5, 0.6) is 0 Å². The summed E-state index contributed by atoms with van der Waals surface area (Å²) in [6.07, 6.45) is 6.02. The Morgan fingerprint density at radius 2 is 1.53 bits per heavy atom. The molecule has 0 aliphatic heterocycles. The second kappa shape index (κ2) is 13.5. The van der Waals surface area contributed by atoms with Crippen LogP contribution in [0.2, 0.25) is 0 Å². The van der Waals surface area contributed by atoms with Crippen molar-refractivity contribution in [1.82, 2.24) is 5.32 Å². The second-order valence-electron chi connectivity index (χ2n) is 7.37. The summed E-state index contributed by atoms with van der Waals surface area (Å²) in [6.45, 7) is 20.7. The molecule has 2 heteroatoms. The van der Waals surface area contributed by atoms with Crippen molar-refractivity contribution in [1.29, 1.82) is 0 Å². The molecule has 2 atom stereocenters. The van der Waals surface area contributed by atoms with Crippen LogP contribution >= 0.6 is 0 Å². The van der Waals surface area contributed by atoms with Gasteiger partial charge in [0.2, 0.25) is 0 Å². The first-order chi connectivity index (χ1) is 14.5. The van der Waals surface area contributed by atoms with Crippen LogP contribution < -0.4 is 10.6 Å². The summed E-state index contributed by atoms with van der Waals surface area (Å²) in [5.41, 5.74) is 6.96. The molecule has 0 bridgehead atoms. The maximum atomic E-state index is 4.13. The molecule has 0 amide bonds. The average Bonchev–Trinajstić information content (AvgIpc) is 2.79. The molecule has 2 aromatic carbocycles. The molecule has 0 aromatic heterocycles. The van der Waals surface area contributed by atoms with Gasteiger partial charge in [0.15, 0.2) is 0 Å². The van der Waals surface area contributed by atoms with Gasteiger partial charge in [0, 0.05) is 11.4 Å². The van der Waals surface area contributed by atoms with E-state index in [-0.39, 0.29) is 6.17 Å². The van der Waals surface area contributed by atoms with Gasteiger partial charge in [0.25, 0.3) is 0 Å². The van der Waals surface area contributed by atoms with Gasteiger partial charge in [-0.05, 0) is 60.6 Å². The molecule has 2 rings (SSSR count). The molecule has 2 unspecified atom stereocenters. The Balaban J connectivity index is 0.00000218. The molecule has 162 valence electrons. The summed E-state index contributed by atoms with van der Waals surface area (Å²) < 4.78 is 0. The molecule has 0 fully saturated rings. The number of anilines is 1. The van der Waals surface area contributed by atoms with Crippen molar-refractivity contribution >= 4 is 17.0 Å². The quantitative estimate of drug-likeness (QED) is 0.309. The summed E-state index contributed by atoms with van der Waals surface area (Å²) in [7, 11) is 0. The highest BCUT2D eigenvalue weighted by Crippen LogP contribution is 2.22. The molecular weight excluding hydrogens is 364 g/mol. The van der Waals surface area contributed by atoms with E-state index >= 15 is 0 Å². The second-order valence-corrected chi connectivity index (χ2v) is 7.37. The Bertz CT molecular complexity index is 798. The summed E-state index contributed by atoms with van der Waals surface area (Å²) >= 11 is 0. The number of aryl methyl sites for hydroxylation is 1. The lowest BCUT2D eigenvalue weighted by atomic mass is 10.0. The van der Waals surface area contributed by atoms with E-state index in [4.69, 9.17) is 0 Å². The number of nitrogens with one attached hydrogen (secondary N) is 2. The van der Waals surface area contributed by atoms with E-state index in [0.29, 0.717) is 5.92 Å². The van der Waals surface area contributed by atoms with Gasteiger partial charge in [-0.1, -0.05) is 95.8 Å². The minimum absolute atomic E-state index is 0.109. The molecule has 0 radical (unpaired) electrons. The predicted octanol–water partition coefficient (Wildman–Crippen LogP) is 8.05. The highest BCUT2D eigenvalue weighted by Gasteiger charge is 2.17. The Labute approximate surface area is 184 Å². The number of rotatable bonds is 10. The zero-order valence-corrected chi connectivity index (χ0v) is 19.8. The first-order valence-electron chi connectivity index (χ1n) is 11.2. The molecule has 0 spiro atoms. The maximum absolute atomic E-state index is 4.13. The molecule has 0 aliphatic carbocycles. The fourth-order valence-corrected chi connectivity index (χ4v) is 2.99. The molecule has 2 aromatic rings. The summed E-state index contributed by atoms with van der Waals surface area (Å²) in [6, 6.07) is 17.1. The van der Waals surface area contributed by atoms with Crippen molar-refractivity contribution < 1.29 is 0 Å². The lowest BCUT2D eigenvalue weighted by Gasteiger charge is -2.29. The van der Waals surface area contributed by atoms with Gasteiger partial charge < -0.3 is 10.6 Å². The van der Waals surface area contributed by atoms with E-state index in [0.717, 1.165) is 29.8 Å². The standard InChI is InChI=1S/C26H34N2.C2H6/c1-7-10-25(23-13-11-19(4)12-14-23)28-26(21(6)9-3)27-24-17-15-22(16-18-24)20(5)8-2;1-2/h7,10-18,21,26-28H,1,5,8-9H2,2-4,6H3;1-2H3/b25-10-;. The summed E-state index contributed by atoms with van der Waals surface area (Å²) in [5, 5.41) is 7.37. The smallest absolute Gasteiger partial charge is 0.0990 e. The fraction of sp³-hybridized carbons (Fsp3) is 0.357. The summed E-state index contributed by atoms with van der Waals surface area (Å²) in [4.78, 5) is 0. The van der Waals surface area contributed by atoms with E-state index in [9.17, 15) is 0 Å². The van der Waals surface area contributed by atoms with E-state index in [1.807, 2.05) is 26.0 Å². The lowest BCUT2D eigenvalue weighted by Crippen LogP contribution is -2.40. The van der Waals surface area contributed by atoms with Crippen LogP contribution in [-0.2, 0) is 0 Å². The summed E-state index contributed by atoms with van der Waals surface area (Å²) in [5.74, 6) is 0.448. The normalized spacial score (nSPS) is 12.8. The van der Waals surface area contributed by atoms with Crippen molar-refractivity contribution in [2.75, 3.05) is 5.32 Å². The highest BCUT2D eigenvalue weighted by molar-refractivity contribution is 5.67. The third-order valence-corrected chi connectivity index (χ3v) is 5.21. The van der Waals surface area contributed by atoms with E-state index in [1.165, 1.54) is 16.7 Å². The van der Waals surface area contributed by atoms with Crippen LogP contribution in [0.3, 0.4) is 0 Å². The van der Waals surface area contributed by atoms with Crippen molar-refractivity contribution in [2.24, 2.45) is 5.92 Å². The van der Waals surface area contributed by atoms with Gasteiger partial charge in [-0.15, -0.1) is 0 Å². The number of benzene rings is 2. The topological polar surface area (TPSA) is 24.1 Å². The van der Waals surface area contributed by atoms with Crippen molar-refractivity contribution in [3.05, 3.63) is 90.5 Å². The predicted molar refractivity (Wildman–Crippen MR) is 136 cm³/mol. The number of allylic oxidation sites excluding steroid dienone is 3. The van der Waals surface area contributed by atoms with Gasteiger partial charge in [0.1, 0.15) is 0 Å². The van der Waals surface area contributed by atoms with Crippen molar-refractivity contribution in [3.63, 3.8) is 0 Å². The van der Waals surface area contributed by atoms with Crippen LogP contribution in [0.1, 0.15) is 64.2 Å². The molecule has 30 heavy (non-hydrogen) atoms. The van der Waals surface area contributed by atoms with Crippen LogP contribution in [0, 0.1) is 12.8 Å². The zero-order chi connectivity index (χ0) is 22.5. The minimum Gasteiger partial charge on any atom is -0.365 e. The van der Waals surface area contributed by atoms with Gasteiger partial charge in [-0.2, -0.15) is 0 Å². The highest BCUT2D eigenvalue weighted by atomic mass is 15.1. The average molecular weight is 405 g/mol. The minimum atomic E-state index is 0.109. The van der Waals surface area contributed by atoms with E-state index < -0.39 is 0 Å². The Kier molecular flexibility index (Phi) is 11.4. The maximum Gasteiger partial charge on any atom is 0.0990 e. The van der Waals surface area contributed by atoms with Crippen LogP contribution in [0.15, 0.2) is 73.8 Å². The Morgan fingerprint density at radius 3 is 2.03 bits per heavy atom. The number of hydrogen-bond donors (Lipinski definition) is 2. The monoisotopic (exact) mass is 404 g/mol. The van der Waals surface area contributed by atoms with Crippen LogP contribution in [0.25, 0.3) is 11.3 Å². The molecule has 0 saturated carbocycles. The van der Waals surface area contributed by atoms with Gasteiger partial charge >= 0.3 is 0 Å². The van der Waals surface area contributed by atoms with E-state index in [2.05, 4.69) is 100 Å².